The van der Waals surface area contributed by atoms with Gasteiger partial charge in [-0.2, -0.15) is 0 Å². The lowest BCUT2D eigenvalue weighted by atomic mass is 10.3. The smallest absolute Gasteiger partial charge is 0.260 e. The Morgan fingerprint density at radius 1 is 1.50 bits per heavy atom. The predicted molar refractivity (Wildman–Crippen MR) is 77.1 cm³/mol. The van der Waals surface area contributed by atoms with Crippen LogP contribution in [0.25, 0.3) is 16.3 Å². The van der Waals surface area contributed by atoms with E-state index < -0.39 is 0 Å². The van der Waals surface area contributed by atoms with Crippen molar-refractivity contribution in [2.24, 2.45) is 0 Å². The van der Waals surface area contributed by atoms with Gasteiger partial charge < -0.3 is 9.40 Å². The van der Waals surface area contributed by atoms with Crippen molar-refractivity contribution in [1.82, 2.24) is 9.97 Å². The van der Waals surface area contributed by atoms with Crippen LogP contribution in [-0.2, 0) is 0 Å². The lowest BCUT2D eigenvalue weighted by Gasteiger charge is -1.95. The molecule has 0 radical (unpaired) electrons. The number of H-pyrrole nitrogens is 1. The number of carbonyl (C=O) groups excluding carboxylic acids is 1. The SMILES string of the molecule is Cc1cc2c(=O)[nH]c(C(=O)/C=C/c3ccco3)nc2s1. The number of aromatic amines is 1. The standard InChI is InChI=1S/C14H10N2O3S/c1-8-7-10-13(18)15-12(16-14(10)20-8)11(17)5-4-9-3-2-6-19-9/h2-7H,1H3,(H,15,16,18)/b5-4+. The lowest BCUT2D eigenvalue weighted by molar-refractivity contribution is 0.103. The number of hydrogen-bond donors (Lipinski definition) is 1. The minimum Gasteiger partial charge on any atom is -0.465 e. The molecule has 5 nitrogen and oxygen atoms in total. The number of nitrogens with one attached hydrogen (secondary N) is 1. The largest absolute Gasteiger partial charge is 0.465 e. The molecule has 3 heterocycles. The van der Waals surface area contributed by atoms with Gasteiger partial charge in [0.1, 0.15) is 10.6 Å². The number of aryl methyl sites for hydroxylation is 1. The van der Waals surface area contributed by atoms with Crippen molar-refractivity contribution >= 4 is 33.4 Å². The number of allylic oxidation sites excluding steroid dienone is 1. The summed E-state index contributed by atoms with van der Waals surface area (Å²) in [5.41, 5.74) is -0.297. The van der Waals surface area contributed by atoms with Crippen LogP contribution in [0.3, 0.4) is 0 Å². The molecule has 0 saturated heterocycles. The van der Waals surface area contributed by atoms with Gasteiger partial charge in [-0.15, -0.1) is 11.3 Å². The van der Waals surface area contributed by atoms with Crippen LogP contribution < -0.4 is 5.56 Å². The summed E-state index contributed by atoms with van der Waals surface area (Å²) >= 11 is 1.39. The van der Waals surface area contributed by atoms with Crippen LogP contribution in [0.2, 0.25) is 0 Å². The van der Waals surface area contributed by atoms with Crippen molar-refractivity contribution in [1.29, 1.82) is 0 Å². The Labute approximate surface area is 117 Å². The number of ketones is 1. The molecule has 3 rings (SSSR count). The number of furan rings is 1. The number of carbonyl (C=O) groups is 1. The van der Waals surface area contributed by atoms with Crippen LogP contribution in [0.5, 0.6) is 0 Å². The molecule has 0 bridgehead atoms. The molecule has 0 amide bonds. The predicted octanol–water partition coefficient (Wildman–Crippen LogP) is 2.78. The molecule has 6 heteroatoms. The zero-order valence-electron chi connectivity index (χ0n) is 10.5. The zero-order valence-corrected chi connectivity index (χ0v) is 11.4. The van der Waals surface area contributed by atoms with Gasteiger partial charge in [-0.1, -0.05) is 0 Å². The Balaban J connectivity index is 1.97. The Kier molecular flexibility index (Phi) is 3.08. The third-order valence-electron chi connectivity index (χ3n) is 2.70. The van der Waals surface area contributed by atoms with Crippen LogP contribution in [0.15, 0.2) is 39.7 Å². The highest BCUT2D eigenvalue weighted by Crippen LogP contribution is 2.19. The molecular weight excluding hydrogens is 276 g/mol. The fourth-order valence-corrected chi connectivity index (χ4v) is 2.67. The van der Waals surface area contributed by atoms with Gasteiger partial charge in [-0.05, 0) is 37.3 Å². The number of nitrogens with zero attached hydrogens (tertiary/aromatic N) is 1. The maximum Gasteiger partial charge on any atom is 0.260 e. The zero-order chi connectivity index (χ0) is 14.1. The van der Waals surface area contributed by atoms with Crippen molar-refractivity contribution in [3.8, 4) is 0 Å². The first-order valence-corrected chi connectivity index (χ1v) is 6.71. The number of fused-ring (bicyclic) bond motifs is 1. The first-order valence-electron chi connectivity index (χ1n) is 5.90. The molecule has 0 aliphatic carbocycles. The van der Waals surface area contributed by atoms with E-state index in [0.717, 1.165) is 4.88 Å². The minimum absolute atomic E-state index is 0.0344. The van der Waals surface area contributed by atoms with E-state index in [0.29, 0.717) is 16.0 Å². The summed E-state index contributed by atoms with van der Waals surface area (Å²) in [7, 11) is 0. The van der Waals surface area contributed by atoms with Crippen LogP contribution in [0.4, 0.5) is 0 Å². The van der Waals surface area contributed by atoms with E-state index in [1.807, 2.05) is 6.92 Å². The van der Waals surface area contributed by atoms with Gasteiger partial charge in [0.05, 0.1) is 11.6 Å². The lowest BCUT2D eigenvalue weighted by Crippen LogP contribution is -2.13. The maximum absolute atomic E-state index is 12.0. The third-order valence-corrected chi connectivity index (χ3v) is 3.65. The molecule has 0 fully saturated rings. The minimum atomic E-state index is -0.369. The molecular formula is C14H10N2O3S. The second kappa shape index (κ2) is 4.90. The van der Waals surface area contributed by atoms with E-state index in [-0.39, 0.29) is 17.2 Å². The average Bonchev–Trinajstić information content (AvgIpc) is 3.04. The molecule has 0 saturated carbocycles. The number of rotatable bonds is 3. The molecule has 0 spiro atoms. The fraction of sp³-hybridized carbons (Fsp3) is 0.0714. The molecule has 3 aromatic heterocycles. The topological polar surface area (TPSA) is 76.0 Å². The van der Waals surface area contributed by atoms with Gasteiger partial charge in [0, 0.05) is 4.88 Å². The normalized spacial score (nSPS) is 11.4. The molecule has 0 aliphatic rings. The van der Waals surface area contributed by atoms with Crippen molar-refractivity contribution in [2.45, 2.75) is 6.92 Å². The number of aromatic nitrogens is 2. The van der Waals surface area contributed by atoms with E-state index in [2.05, 4.69) is 9.97 Å². The Morgan fingerprint density at radius 2 is 2.35 bits per heavy atom. The molecule has 1 N–H and O–H groups in total. The summed E-state index contributed by atoms with van der Waals surface area (Å²) in [5, 5.41) is 0.513. The third kappa shape index (κ3) is 2.33. The van der Waals surface area contributed by atoms with Crippen molar-refractivity contribution in [3.63, 3.8) is 0 Å². The quantitative estimate of drug-likeness (QED) is 0.593. The molecule has 3 aromatic rings. The molecule has 100 valence electrons. The van der Waals surface area contributed by atoms with Gasteiger partial charge in [0.2, 0.25) is 5.78 Å². The highest BCUT2D eigenvalue weighted by Gasteiger charge is 2.11. The Bertz CT molecular complexity index is 856. The van der Waals surface area contributed by atoms with E-state index in [1.165, 1.54) is 29.8 Å². The average molecular weight is 286 g/mol. The Hall–Kier alpha value is -2.47. The highest BCUT2D eigenvalue weighted by molar-refractivity contribution is 7.18. The van der Waals surface area contributed by atoms with E-state index in [9.17, 15) is 9.59 Å². The monoisotopic (exact) mass is 286 g/mol. The van der Waals surface area contributed by atoms with E-state index in [4.69, 9.17) is 4.42 Å². The second-order valence-corrected chi connectivity index (χ2v) is 5.44. The van der Waals surface area contributed by atoms with Crippen LogP contribution in [0.1, 0.15) is 21.3 Å². The molecule has 0 atom stereocenters. The highest BCUT2D eigenvalue weighted by atomic mass is 32.1. The molecule has 20 heavy (non-hydrogen) atoms. The summed E-state index contributed by atoms with van der Waals surface area (Å²) in [6.07, 6.45) is 4.38. The molecule has 0 aromatic carbocycles. The molecule has 0 unspecified atom stereocenters. The van der Waals surface area contributed by atoms with Crippen molar-refractivity contribution in [3.05, 3.63) is 57.4 Å². The fourth-order valence-electron chi connectivity index (χ4n) is 1.79. The Morgan fingerprint density at radius 3 is 3.10 bits per heavy atom. The number of hydrogen-bond acceptors (Lipinski definition) is 5. The first kappa shape index (κ1) is 12.6. The molecule has 0 aliphatic heterocycles. The van der Waals surface area contributed by atoms with Crippen LogP contribution in [-0.4, -0.2) is 15.8 Å². The van der Waals surface area contributed by atoms with Gasteiger partial charge in [0.25, 0.3) is 5.56 Å². The summed E-state index contributed by atoms with van der Waals surface area (Å²) in [6.45, 7) is 1.89. The van der Waals surface area contributed by atoms with Gasteiger partial charge in [0.15, 0.2) is 5.82 Å². The number of thiophene rings is 1. The second-order valence-electron chi connectivity index (χ2n) is 4.20. The van der Waals surface area contributed by atoms with Gasteiger partial charge >= 0.3 is 0 Å². The summed E-state index contributed by atoms with van der Waals surface area (Å²) in [6, 6.07) is 5.22. The van der Waals surface area contributed by atoms with Crippen LogP contribution in [0, 0.1) is 6.92 Å². The summed E-state index contributed by atoms with van der Waals surface area (Å²) in [4.78, 5) is 32.1. The van der Waals surface area contributed by atoms with Crippen LogP contribution >= 0.6 is 11.3 Å². The van der Waals surface area contributed by atoms with E-state index in [1.54, 1.807) is 18.2 Å². The summed E-state index contributed by atoms with van der Waals surface area (Å²) in [5.74, 6) is 0.229. The first-order chi connectivity index (χ1) is 9.63. The maximum atomic E-state index is 12.0. The van der Waals surface area contributed by atoms with Gasteiger partial charge in [-0.3, -0.25) is 9.59 Å². The van der Waals surface area contributed by atoms with E-state index >= 15 is 0 Å². The van der Waals surface area contributed by atoms with Crippen molar-refractivity contribution < 1.29 is 9.21 Å². The van der Waals surface area contributed by atoms with Gasteiger partial charge in [-0.25, -0.2) is 4.98 Å². The summed E-state index contributed by atoms with van der Waals surface area (Å²) < 4.78 is 5.09. The van der Waals surface area contributed by atoms with Crippen molar-refractivity contribution in [2.75, 3.05) is 0 Å².